The van der Waals surface area contributed by atoms with E-state index in [0.29, 0.717) is 45.8 Å². The Morgan fingerprint density at radius 1 is 1.27 bits per heavy atom. The number of thioether (sulfide) groups is 1. The van der Waals surface area contributed by atoms with Gasteiger partial charge in [-0.05, 0) is 49.7 Å². The predicted octanol–water partition coefficient (Wildman–Crippen LogP) is 4.08. The van der Waals surface area contributed by atoms with Crippen molar-refractivity contribution in [1.82, 2.24) is 4.90 Å². The molecule has 1 aliphatic heterocycles. The molecule has 0 spiro atoms. The number of ether oxygens (including phenoxy) is 1. The van der Waals surface area contributed by atoms with Crippen molar-refractivity contribution in [1.29, 1.82) is 0 Å². The highest BCUT2D eigenvalue weighted by atomic mass is 32.2. The summed E-state index contributed by atoms with van der Waals surface area (Å²) < 4.78 is 10.6. The van der Waals surface area contributed by atoms with Gasteiger partial charge in [-0.1, -0.05) is 24.0 Å². The summed E-state index contributed by atoms with van der Waals surface area (Å²) in [6, 6.07) is 9.99. The van der Waals surface area contributed by atoms with Crippen molar-refractivity contribution in [2.75, 3.05) is 18.5 Å². The van der Waals surface area contributed by atoms with Gasteiger partial charge in [-0.15, -0.1) is 0 Å². The van der Waals surface area contributed by atoms with Crippen LogP contribution in [0.25, 0.3) is 6.08 Å². The standard InChI is InChI=1S/C21H20N2O5S2/c1-2-27-20(26)14-7-9-15(10-8-14)22-18(24)6-3-11-23-19(25)17(30-21(23)29)13-16-5-4-12-28-16/h4-5,7-10,12-13H,2-3,6,11H2,1H3,(H,22,24). The van der Waals surface area contributed by atoms with E-state index in [1.165, 1.54) is 22.9 Å². The second-order valence-electron chi connectivity index (χ2n) is 6.30. The number of thiocarbonyl (C=S) groups is 1. The summed E-state index contributed by atoms with van der Waals surface area (Å²) in [5, 5.41) is 2.77. The fourth-order valence-corrected chi connectivity index (χ4v) is 4.01. The Balaban J connectivity index is 1.47. The Kier molecular flexibility index (Phi) is 7.42. The van der Waals surface area contributed by atoms with Crippen LogP contribution in [-0.4, -0.2) is 40.2 Å². The number of hydrogen-bond acceptors (Lipinski definition) is 7. The van der Waals surface area contributed by atoms with Gasteiger partial charge in [0, 0.05) is 24.7 Å². The molecule has 0 saturated carbocycles. The second kappa shape index (κ2) is 10.2. The van der Waals surface area contributed by atoms with E-state index in [9.17, 15) is 14.4 Å². The van der Waals surface area contributed by atoms with Crippen molar-refractivity contribution in [2.24, 2.45) is 0 Å². The summed E-state index contributed by atoms with van der Waals surface area (Å²) in [7, 11) is 0. The lowest BCUT2D eigenvalue weighted by Crippen LogP contribution is -2.29. The van der Waals surface area contributed by atoms with E-state index in [4.69, 9.17) is 21.4 Å². The molecule has 3 rings (SSSR count). The van der Waals surface area contributed by atoms with Gasteiger partial charge < -0.3 is 14.5 Å². The molecular weight excluding hydrogens is 424 g/mol. The first kappa shape index (κ1) is 21.8. The smallest absolute Gasteiger partial charge is 0.338 e. The summed E-state index contributed by atoms with van der Waals surface area (Å²) in [4.78, 5) is 38.3. The third kappa shape index (κ3) is 5.58. The van der Waals surface area contributed by atoms with E-state index in [1.54, 1.807) is 49.4 Å². The largest absolute Gasteiger partial charge is 0.465 e. The van der Waals surface area contributed by atoms with Gasteiger partial charge in [0.05, 0.1) is 23.3 Å². The van der Waals surface area contributed by atoms with Gasteiger partial charge in [0.15, 0.2) is 0 Å². The normalized spacial score (nSPS) is 15.0. The fraction of sp³-hybridized carbons (Fsp3) is 0.238. The molecule has 1 aromatic heterocycles. The van der Waals surface area contributed by atoms with Crippen LogP contribution in [0.4, 0.5) is 5.69 Å². The highest BCUT2D eigenvalue weighted by molar-refractivity contribution is 8.26. The van der Waals surface area contributed by atoms with Crippen LogP contribution in [0, 0.1) is 0 Å². The van der Waals surface area contributed by atoms with Crippen LogP contribution in [-0.2, 0) is 14.3 Å². The molecule has 1 fully saturated rings. The molecule has 2 aromatic rings. The first-order chi connectivity index (χ1) is 14.5. The van der Waals surface area contributed by atoms with Crippen molar-refractivity contribution in [3.05, 3.63) is 58.9 Å². The Labute approximate surface area is 183 Å². The zero-order valence-corrected chi connectivity index (χ0v) is 17.9. The number of nitrogens with one attached hydrogen (secondary N) is 1. The summed E-state index contributed by atoms with van der Waals surface area (Å²) in [6.07, 6.45) is 3.89. The molecule has 1 aromatic carbocycles. The minimum Gasteiger partial charge on any atom is -0.465 e. The van der Waals surface area contributed by atoms with Crippen LogP contribution in [0.3, 0.4) is 0 Å². The van der Waals surface area contributed by atoms with Crippen molar-refractivity contribution >= 4 is 57.8 Å². The molecular formula is C21H20N2O5S2. The summed E-state index contributed by atoms with van der Waals surface area (Å²) in [5.41, 5.74) is 1.01. The van der Waals surface area contributed by atoms with Crippen LogP contribution in [0.5, 0.6) is 0 Å². The topological polar surface area (TPSA) is 88.9 Å². The van der Waals surface area contributed by atoms with Gasteiger partial charge in [0.2, 0.25) is 5.91 Å². The number of amides is 2. The monoisotopic (exact) mass is 444 g/mol. The van der Waals surface area contributed by atoms with E-state index in [-0.39, 0.29) is 18.2 Å². The molecule has 1 aliphatic rings. The molecule has 0 radical (unpaired) electrons. The van der Waals surface area contributed by atoms with E-state index in [1.807, 2.05) is 0 Å². The number of furan rings is 1. The quantitative estimate of drug-likeness (QED) is 0.373. The first-order valence-corrected chi connectivity index (χ1v) is 10.6. The molecule has 2 heterocycles. The van der Waals surface area contributed by atoms with Gasteiger partial charge >= 0.3 is 5.97 Å². The maximum absolute atomic E-state index is 12.5. The number of rotatable bonds is 8. The number of hydrogen-bond donors (Lipinski definition) is 1. The molecule has 156 valence electrons. The molecule has 1 N–H and O–H groups in total. The SMILES string of the molecule is CCOC(=O)c1ccc(NC(=O)CCCN2C(=O)C(=Cc3ccco3)SC2=S)cc1. The van der Waals surface area contributed by atoms with E-state index >= 15 is 0 Å². The molecule has 30 heavy (non-hydrogen) atoms. The number of carbonyl (C=O) groups is 3. The molecule has 7 nitrogen and oxygen atoms in total. The number of carbonyl (C=O) groups excluding carboxylic acids is 3. The highest BCUT2D eigenvalue weighted by Crippen LogP contribution is 2.32. The van der Waals surface area contributed by atoms with Crippen LogP contribution < -0.4 is 5.32 Å². The third-order valence-corrected chi connectivity index (χ3v) is 5.53. The lowest BCUT2D eigenvalue weighted by molar-refractivity contribution is -0.122. The summed E-state index contributed by atoms with van der Waals surface area (Å²) in [6.45, 7) is 2.40. The van der Waals surface area contributed by atoms with Crippen LogP contribution in [0.15, 0.2) is 52.0 Å². The maximum Gasteiger partial charge on any atom is 0.338 e. The number of anilines is 1. The highest BCUT2D eigenvalue weighted by Gasteiger charge is 2.31. The molecule has 1 saturated heterocycles. The maximum atomic E-state index is 12.5. The van der Waals surface area contributed by atoms with Gasteiger partial charge in [0.25, 0.3) is 5.91 Å². The minimum atomic E-state index is -0.403. The number of esters is 1. The Morgan fingerprint density at radius 3 is 2.70 bits per heavy atom. The average molecular weight is 445 g/mol. The Hall–Kier alpha value is -2.91. The first-order valence-electron chi connectivity index (χ1n) is 9.34. The van der Waals surface area contributed by atoms with Crippen LogP contribution >= 0.6 is 24.0 Å². The second-order valence-corrected chi connectivity index (χ2v) is 7.97. The number of benzene rings is 1. The Bertz CT molecular complexity index is 968. The molecule has 0 atom stereocenters. The molecule has 0 bridgehead atoms. The predicted molar refractivity (Wildman–Crippen MR) is 119 cm³/mol. The molecule has 9 heteroatoms. The zero-order valence-electron chi connectivity index (χ0n) is 16.3. The van der Waals surface area contributed by atoms with Crippen molar-refractivity contribution in [3.63, 3.8) is 0 Å². The van der Waals surface area contributed by atoms with Crippen molar-refractivity contribution in [2.45, 2.75) is 19.8 Å². The molecule has 2 amide bonds. The van der Waals surface area contributed by atoms with Gasteiger partial charge in [-0.25, -0.2) is 4.79 Å². The fourth-order valence-electron chi connectivity index (χ4n) is 2.72. The van der Waals surface area contributed by atoms with Crippen LogP contribution in [0.1, 0.15) is 35.9 Å². The van der Waals surface area contributed by atoms with Crippen LogP contribution in [0.2, 0.25) is 0 Å². The van der Waals surface area contributed by atoms with E-state index in [2.05, 4.69) is 5.32 Å². The third-order valence-electron chi connectivity index (χ3n) is 4.16. The lowest BCUT2D eigenvalue weighted by Gasteiger charge is -2.14. The summed E-state index contributed by atoms with van der Waals surface area (Å²) >= 11 is 6.50. The van der Waals surface area contributed by atoms with Gasteiger partial charge in [0.1, 0.15) is 10.1 Å². The minimum absolute atomic E-state index is 0.184. The average Bonchev–Trinajstić information content (AvgIpc) is 3.32. The molecule has 0 aliphatic carbocycles. The van der Waals surface area contributed by atoms with Crippen molar-refractivity contribution < 1.29 is 23.5 Å². The van der Waals surface area contributed by atoms with Gasteiger partial charge in [-0.3, -0.25) is 14.5 Å². The summed E-state index contributed by atoms with van der Waals surface area (Å²) in [5.74, 6) is -0.185. The Morgan fingerprint density at radius 2 is 2.03 bits per heavy atom. The van der Waals surface area contributed by atoms with Crippen molar-refractivity contribution in [3.8, 4) is 0 Å². The van der Waals surface area contributed by atoms with E-state index < -0.39 is 5.97 Å². The zero-order chi connectivity index (χ0) is 21.5. The lowest BCUT2D eigenvalue weighted by atomic mass is 10.2. The van der Waals surface area contributed by atoms with E-state index in [0.717, 1.165) is 0 Å². The number of nitrogens with zero attached hydrogens (tertiary/aromatic N) is 1. The van der Waals surface area contributed by atoms with Gasteiger partial charge in [-0.2, -0.15) is 0 Å². The molecule has 0 unspecified atom stereocenters.